The van der Waals surface area contributed by atoms with Crippen molar-refractivity contribution < 1.29 is 9.90 Å². The summed E-state index contributed by atoms with van der Waals surface area (Å²) in [5, 5.41) is 12.2. The van der Waals surface area contributed by atoms with E-state index in [1.54, 1.807) is 18.2 Å². The van der Waals surface area contributed by atoms with Gasteiger partial charge in [-0.2, -0.15) is 0 Å². The lowest BCUT2D eigenvalue weighted by atomic mass is 10.1. The van der Waals surface area contributed by atoms with Gasteiger partial charge in [0.2, 0.25) is 0 Å². The zero-order valence-corrected chi connectivity index (χ0v) is 10.3. The summed E-state index contributed by atoms with van der Waals surface area (Å²) in [7, 11) is 0. The van der Waals surface area contributed by atoms with Crippen molar-refractivity contribution in [3.63, 3.8) is 0 Å². The highest BCUT2D eigenvalue weighted by Gasteiger charge is 2.15. The molecule has 0 bridgehead atoms. The van der Waals surface area contributed by atoms with Gasteiger partial charge in [0.15, 0.2) is 0 Å². The summed E-state index contributed by atoms with van der Waals surface area (Å²) < 4.78 is 0. The number of benzene rings is 1. The van der Waals surface area contributed by atoms with Crippen molar-refractivity contribution in [1.29, 1.82) is 0 Å². The van der Waals surface area contributed by atoms with E-state index in [1.807, 2.05) is 6.92 Å². The fraction of sp³-hybridized carbons (Fsp3) is 0.364. The molecular formula is C11H13Cl2NO2. The number of amides is 1. The van der Waals surface area contributed by atoms with Crippen LogP contribution in [-0.4, -0.2) is 23.7 Å². The number of aliphatic hydroxyl groups is 1. The Hall–Kier alpha value is -0.770. The molecule has 0 saturated heterocycles. The molecule has 1 rings (SSSR count). The van der Waals surface area contributed by atoms with E-state index in [0.717, 1.165) is 0 Å². The Bertz CT molecular complexity index is 378. The van der Waals surface area contributed by atoms with Crippen molar-refractivity contribution in [3.05, 3.63) is 33.8 Å². The largest absolute Gasteiger partial charge is 0.394 e. The zero-order valence-electron chi connectivity index (χ0n) is 8.84. The minimum Gasteiger partial charge on any atom is -0.394 e. The number of aliphatic hydroxyl groups excluding tert-OH is 1. The predicted octanol–water partition coefficient (Wildman–Crippen LogP) is 2.49. The van der Waals surface area contributed by atoms with E-state index in [2.05, 4.69) is 5.32 Å². The lowest BCUT2D eigenvalue weighted by molar-refractivity contribution is 0.0915. The third-order valence-corrected chi connectivity index (χ3v) is 3.06. The molecule has 0 aliphatic heterocycles. The number of hydrogen-bond acceptors (Lipinski definition) is 2. The van der Waals surface area contributed by atoms with E-state index < -0.39 is 0 Å². The van der Waals surface area contributed by atoms with E-state index in [-0.39, 0.29) is 23.6 Å². The van der Waals surface area contributed by atoms with Crippen LogP contribution in [0.25, 0.3) is 0 Å². The maximum atomic E-state index is 11.8. The Morgan fingerprint density at radius 2 is 2.19 bits per heavy atom. The smallest absolute Gasteiger partial charge is 0.253 e. The first-order valence-electron chi connectivity index (χ1n) is 4.95. The van der Waals surface area contributed by atoms with Gasteiger partial charge in [0.25, 0.3) is 5.91 Å². The first kappa shape index (κ1) is 13.3. The molecule has 0 aliphatic rings. The molecule has 0 spiro atoms. The van der Waals surface area contributed by atoms with E-state index in [4.69, 9.17) is 28.3 Å². The van der Waals surface area contributed by atoms with Crippen LogP contribution in [0.3, 0.4) is 0 Å². The summed E-state index contributed by atoms with van der Waals surface area (Å²) in [5.41, 5.74) is 0.320. The maximum Gasteiger partial charge on any atom is 0.253 e. The van der Waals surface area contributed by atoms with Gasteiger partial charge in [-0.05, 0) is 18.6 Å². The van der Waals surface area contributed by atoms with Crippen molar-refractivity contribution in [3.8, 4) is 0 Å². The predicted molar refractivity (Wildman–Crippen MR) is 65.1 cm³/mol. The van der Waals surface area contributed by atoms with E-state index in [9.17, 15) is 4.79 Å². The van der Waals surface area contributed by atoms with Crippen LogP contribution in [0.15, 0.2) is 18.2 Å². The highest BCUT2D eigenvalue weighted by molar-refractivity contribution is 6.43. The molecule has 1 amide bonds. The Balaban J connectivity index is 2.84. The third kappa shape index (κ3) is 3.11. The monoisotopic (exact) mass is 261 g/mol. The molecule has 0 aliphatic carbocycles. The van der Waals surface area contributed by atoms with Gasteiger partial charge in [-0.25, -0.2) is 0 Å². The average molecular weight is 262 g/mol. The normalized spacial score (nSPS) is 12.2. The summed E-state index contributed by atoms with van der Waals surface area (Å²) in [6, 6.07) is 4.60. The Kier molecular flexibility index (Phi) is 5.06. The molecular weight excluding hydrogens is 249 g/mol. The van der Waals surface area contributed by atoms with Gasteiger partial charge in [0.1, 0.15) is 0 Å². The zero-order chi connectivity index (χ0) is 12.1. The minimum absolute atomic E-state index is 0.0968. The molecule has 88 valence electrons. The lowest BCUT2D eigenvalue weighted by Gasteiger charge is -2.14. The fourth-order valence-corrected chi connectivity index (χ4v) is 1.61. The van der Waals surface area contributed by atoms with Crippen molar-refractivity contribution in [1.82, 2.24) is 5.32 Å². The van der Waals surface area contributed by atoms with Crippen LogP contribution < -0.4 is 5.32 Å². The molecule has 16 heavy (non-hydrogen) atoms. The fourth-order valence-electron chi connectivity index (χ4n) is 1.22. The van der Waals surface area contributed by atoms with Crippen molar-refractivity contribution >= 4 is 29.1 Å². The number of halogens is 2. The van der Waals surface area contributed by atoms with Crippen molar-refractivity contribution in [2.75, 3.05) is 6.61 Å². The summed E-state index contributed by atoms with van der Waals surface area (Å²) in [6.07, 6.45) is 0.653. The number of hydrogen-bond donors (Lipinski definition) is 2. The lowest BCUT2D eigenvalue weighted by Crippen LogP contribution is -2.37. The topological polar surface area (TPSA) is 49.3 Å². The van der Waals surface area contributed by atoms with Crippen LogP contribution in [0.4, 0.5) is 0 Å². The molecule has 5 heteroatoms. The average Bonchev–Trinajstić information content (AvgIpc) is 2.29. The molecule has 0 aromatic heterocycles. The van der Waals surface area contributed by atoms with Gasteiger partial charge in [0, 0.05) is 0 Å². The highest BCUT2D eigenvalue weighted by Crippen LogP contribution is 2.25. The number of nitrogens with one attached hydrogen (secondary N) is 1. The molecule has 2 N–H and O–H groups in total. The van der Waals surface area contributed by atoms with Gasteiger partial charge in [-0.1, -0.05) is 36.2 Å². The van der Waals surface area contributed by atoms with E-state index in [1.165, 1.54) is 0 Å². The molecule has 1 aromatic carbocycles. The number of rotatable bonds is 4. The Morgan fingerprint density at radius 3 is 2.75 bits per heavy atom. The summed E-state index contributed by atoms with van der Waals surface area (Å²) in [5.74, 6) is -0.326. The van der Waals surface area contributed by atoms with Crippen LogP contribution in [0.5, 0.6) is 0 Å². The second kappa shape index (κ2) is 6.09. The first-order valence-corrected chi connectivity index (χ1v) is 5.71. The summed E-state index contributed by atoms with van der Waals surface area (Å²) >= 11 is 11.7. The van der Waals surface area contributed by atoms with Crippen LogP contribution >= 0.6 is 23.2 Å². The van der Waals surface area contributed by atoms with E-state index >= 15 is 0 Å². The number of carbonyl (C=O) groups is 1. The van der Waals surface area contributed by atoms with Gasteiger partial charge in [-0.3, -0.25) is 4.79 Å². The van der Waals surface area contributed by atoms with Gasteiger partial charge < -0.3 is 10.4 Å². The minimum atomic E-state index is -0.326. The molecule has 0 unspecified atom stereocenters. The molecule has 0 saturated carbocycles. The third-order valence-electron chi connectivity index (χ3n) is 2.24. The molecule has 3 nitrogen and oxygen atoms in total. The first-order chi connectivity index (χ1) is 7.60. The molecule has 1 atom stereocenters. The quantitative estimate of drug-likeness (QED) is 0.875. The standard InChI is InChI=1S/C11H13Cl2NO2/c1-2-7(6-15)14-11(16)8-4-3-5-9(12)10(8)13/h3-5,7,15H,2,6H2,1H3,(H,14,16)/t7-/m1/s1. The van der Waals surface area contributed by atoms with Crippen molar-refractivity contribution in [2.24, 2.45) is 0 Å². The van der Waals surface area contributed by atoms with Crippen LogP contribution in [0.2, 0.25) is 10.0 Å². The summed E-state index contributed by atoms with van der Waals surface area (Å²) in [6.45, 7) is 1.78. The molecule has 0 fully saturated rings. The Labute approximate surface area is 104 Å². The highest BCUT2D eigenvalue weighted by atomic mass is 35.5. The van der Waals surface area contributed by atoms with Crippen molar-refractivity contribution in [2.45, 2.75) is 19.4 Å². The van der Waals surface area contributed by atoms with Gasteiger partial charge >= 0.3 is 0 Å². The molecule has 0 heterocycles. The van der Waals surface area contributed by atoms with Gasteiger partial charge in [0.05, 0.1) is 28.3 Å². The summed E-state index contributed by atoms with van der Waals surface area (Å²) in [4.78, 5) is 11.8. The van der Waals surface area contributed by atoms with Crippen LogP contribution in [-0.2, 0) is 0 Å². The second-order valence-corrected chi connectivity index (χ2v) is 4.15. The van der Waals surface area contributed by atoms with E-state index in [0.29, 0.717) is 17.0 Å². The maximum absolute atomic E-state index is 11.8. The second-order valence-electron chi connectivity index (χ2n) is 3.36. The Morgan fingerprint density at radius 1 is 1.50 bits per heavy atom. The number of carbonyl (C=O) groups excluding carboxylic acids is 1. The van der Waals surface area contributed by atoms with Crippen LogP contribution in [0.1, 0.15) is 23.7 Å². The molecule has 1 aromatic rings. The SMILES string of the molecule is CC[C@H](CO)NC(=O)c1cccc(Cl)c1Cl. The van der Waals surface area contributed by atoms with Crippen LogP contribution in [0, 0.1) is 0 Å². The van der Waals surface area contributed by atoms with Gasteiger partial charge in [-0.15, -0.1) is 0 Å². The molecule has 0 radical (unpaired) electrons.